The van der Waals surface area contributed by atoms with Crippen LogP contribution in [0.25, 0.3) is 0 Å². The van der Waals surface area contributed by atoms with E-state index in [2.05, 4.69) is 5.32 Å². The summed E-state index contributed by atoms with van der Waals surface area (Å²) in [4.78, 5) is 0.322. The lowest BCUT2D eigenvalue weighted by molar-refractivity contribution is 0.500. The number of benzene rings is 1. The summed E-state index contributed by atoms with van der Waals surface area (Å²) in [5.74, 6) is 1.75. The van der Waals surface area contributed by atoms with Crippen molar-refractivity contribution in [3.8, 4) is 0 Å². The van der Waals surface area contributed by atoms with Crippen molar-refractivity contribution < 1.29 is 12.8 Å². The fraction of sp³-hybridized carbons (Fsp3) is 0.375. The molecule has 0 fully saturated rings. The van der Waals surface area contributed by atoms with Crippen molar-refractivity contribution >= 4 is 15.5 Å². The Morgan fingerprint density at radius 2 is 1.81 bits per heavy atom. The van der Waals surface area contributed by atoms with E-state index in [0.717, 1.165) is 28.3 Å². The van der Waals surface area contributed by atoms with Crippen LogP contribution in [0, 0.1) is 20.8 Å². The molecular weight excluding hydrogens is 286 g/mol. The quantitative estimate of drug-likeness (QED) is 0.934. The number of furan rings is 1. The first-order chi connectivity index (χ1) is 9.68. The average Bonchev–Trinajstić information content (AvgIpc) is 2.70. The van der Waals surface area contributed by atoms with Crippen LogP contribution in [0.5, 0.6) is 0 Å². The van der Waals surface area contributed by atoms with Crippen LogP contribution in [0.2, 0.25) is 0 Å². The van der Waals surface area contributed by atoms with Crippen molar-refractivity contribution in [1.29, 1.82) is 0 Å². The smallest absolute Gasteiger partial charge is 0.175 e. The fourth-order valence-corrected chi connectivity index (χ4v) is 3.03. The molecule has 0 saturated heterocycles. The van der Waals surface area contributed by atoms with Gasteiger partial charge < -0.3 is 9.73 Å². The monoisotopic (exact) mass is 307 g/mol. The third-order valence-corrected chi connectivity index (χ3v) is 4.67. The van der Waals surface area contributed by atoms with Crippen LogP contribution in [0.1, 0.15) is 35.6 Å². The highest BCUT2D eigenvalue weighted by Crippen LogP contribution is 2.28. The number of sulfone groups is 1. The zero-order valence-electron chi connectivity index (χ0n) is 13.0. The van der Waals surface area contributed by atoms with Crippen LogP contribution in [0.4, 0.5) is 5.69 Å². The second-order valence-electron chi connectivity index (χ2n) is 5.48. The van der Waals surface area contributed by atoms with Crippen LogP contribution in [0.15, 0.2) is 33.6 Å². The Morgan fingerprint density at radius 3 is 2.33 bits per heavy atom. The number of aryl methyl sites for hydroxylation is 3. The fourth-order valence-electron chi connectivity index (χ4n) is 2.38. The normalized spacial score (nSPS) is 13.2. The van der Waals surface area contributed by atoms with E-state index in [9.17, 15) is 8.42 Å². The lowest BCUT2D eigenvalue weighted by Crippen LogP contribution is -2.09. The van der Waals surface area contributed by atoms with Gasteiger partial charge in [0.05, 0.1) is 10.9 Å². The largest absolute Gasteiger partial charge is 0.466 e. The molecule has 1 heterocycles. The molecule has 0 amide bonds. The van der Waals surface area contributed by atoms with Crippen LogP contribution in [0.3, 0.4) is 0 Å². The van der Waals surface area contributed by atoms with Crippen molar-refractivity contribution in [1.82, 2.24) is 0 Å². The molecular formula is C16H21NO3S. The Balaban J connectivity index is 2.33. The van der Waals surface area contributed by atoms with Crippen molar-refractivity contribution in [3.05, 3.63) is 46.9 Å². The standard InChI is InChI=1S/C16H21NO3S/c1-10-6-7-14(21(5,18)19)9-16(10)17-12(3)15-8-11(2)20-13(15)4/h6-9,12,17H,1-5H3. The minimum absolute atomic E-state index is 0.0379. The molecule has 5 heteroatoms. The van der Waals surface area contributed by atoms with Gasteiger partial charge in [-0.2, -0.15) is 0 Å². The summed E-state index contributed by atoms with van der Waals surface area (Å²) < 4.78 is 28.9. The Hall–Kier alpha value is -1.75. The van der Waals surface area contributed by atoms with E-state index in [4.69, 9.17) is 4.42 Å². The Kier molecular flexibility index (Phi) is 4.14. The van der Waals surface area contributed by atoms with Gasteiger partial charge in [0.15, 0.2) is 9.84 Å². The van der Waals surface area contributed by atoms with E-state index < -0.39 is 9.84 Å². The van der Waals surface area contributed by atoms with Gasteiger partial charge in [-0.1, -0.05) is 6.07 Å². The average molecular weight is 307 g/mol. The van der Waals surface area contributed by atoms with Crippen LogP contribution < -0.4 is 5.32 Å². The molecule has 0 aliphatic rings. The molecule has 0 spiro atoms. The summed E-state index contributed by atoms with van der Waals surface area (Å²) in [6.07, 6.45) is 1.22. The molecule has 1 unspecified atom stereocenters. The molecule has 2 aromatic rings. The molecule has 21 heavy (non-hydrogen) atoms. The molecule has 4 nitrogen and oxygen atoms in total. The van der Waals surface area contributed by atoms with Gasteiger partial charge in [-0.25, -0.2) is 8.42 Å². The number of nitrogens with one attached hydrogen (secondary N) is 1. The van der Waals surface area contributed by atoms with Gasteiger partial charge in [0.1, 0.15) is 11.5 Å². The summed E-state index contributed by atoms with van der Waals surface area (Å²) in [6, 6.07) is 7.18. The predicted molar refractivity (Wildman–Crippen MR) is 84.5 cm³/mol. The molecule has 0 aliphatic heterocycles. The van der Waals surface area contributed by atoms with E-state index in [-0.39, 0.29) is 6.04 Å². The van der Waals surface area contributed by atoms with Crippen LogP contribution >= 0.6 is 0 Å². The molecule has 1 atom stereocenters. The van der Waals surface area contributed by atoms with Crippen LogP contribution in [-0.2, 0) is 9.84 Å². The van der Waals surface area contributed by atoms with Gasteiger partial charge in [-0.05, 0) is 51.5 Å². The zero-order valence-corrected chi connectivity index (χ0v) is 13.8. The Morgan fingerprint density at radius 1 is 1.14 bits per heavy atom. The van der Waals surface area contributed by atoms with E-state index in [1.807, 2.05) is 39.8 Å². The third-order valence-electron chi connectivity index (χ3n) is 3.56. The first-order valence-electron chi connectivity index (χ1n) is 6.82. The second kappa shape index (κ2) is 5.56. The van der Waals surface area contributed by atoms with Crippen molar-refractivity contribution in [2.45, 2.75) is 38.6 Å². The van der Waals surface area contributed by atoms with Gasteiger partial charge in [0.2, 0.25) is 0 Å². The molecule has 1 aromatic heterocycles. The first-order valence-corrected chi connectivity index (χ1v) is 8.72. The van der Waals surface area contributed by atoms with Gasteiger partial charge in [-0.15, -0.1) is 0 Å². The lowest BCUT2D eigenvalue weighted by Gasteiger charge is -2.17. The van der Waals surface area contributed by atoms with E-state index in [0.29, 0.717) is 4.90 Å². The highest BCUT2D eigenvalue weighted by atomic mass is 32.2. The maximum atomic E-state index is 11.7. The highest BCUT2D eigenvalue weighted by molar-refractivity contribution is 7.90. The van der Waals surface area contributed by atoms with Crippen molar-refractivity contribution in [2.24, 2.45) is 0 Å². The maximum absolute atomic E-state index is 11.7. The van der Waals surface area contributed by atoms with E-state index in [1.54, 1.807) is 12.1 Å². The zero-order chi connectivity index (χ0) is 15.8. The number of anilines is 1. The minimum atomic E-state index is -3.21. The van der Waals surface area contributed by atoms with Crippen LogP contribution in [-0.4, -0.2) is 14.7 Å². The molecule has 114 valence electrons. The summed E-state index contributed by atoms with van der Waals surface area (Å²) in [6.45, 7) is 7.83. The Labute approximate surface area is 126 Å². The molecule has 1 aromatic carbocycles. The SMILES string of the molecule is Cc1cc(C(C)Nc2cc(S(C)(=O)=O)ccc2C)c(C)o1. The molecule has 1 N–H and O–H groups in total. The minimum Gasteiger partial charge on any atom is -0.466 e. The summed E-state index contributed by atoms with van der Waals surface area (Å²) in [5.41, 5.74) is 2.91. The van der Waals surface area contributed by atoms with E-state index in [1.165, 1.54) is 6.26 Å². The Bertz CT molecular complexity index is 760. The first kappa shape index (κ1) is 15.6. The molecule has 0 saturated carbocycles. The maximum Gasteiger partial charge on any atom is 0.175 e. The number of hydrogen-bond acceptors (Lipinski definition) is 4. The van der Waals surface area contributed by atoms with Gasteiger partial charge in [0, 0.05) is 17.5 Å². The molecule has 0 aliphatic carbocycles. The predicted octanol–water partition coefficient (Wildman–Crippen LogP) is 3.78. The molecule has 2 rings (SSSR count). The van der Waals surface area contributed by atoms with Crippen molar-refractivity contribution in [3.63, 3.8) is 0 Å². The lowest BCUT2D eigenvalue weighted by atomic mass is 10.1. The summed E-state index contributed by atoms with van der Waals surface area (Å²) in [7, 11) is -3.21. The molecule has 0 bridgehead atoms. The molecule has 0 radical (unpaired) electrons. The highest BCUT2D eigenvalue weighted by Gasteiger charge is 2.15. The second-order valence-corrected chi connectivity index (χ2v) is 7.50. The summed E-state index contributed by atoms with van der Waals surface area (Å²) in [5, 5.41) is 3.37. The van der Waals surface area contributed by atoms with E-state index >= 15 is 0 Å². The third kappa shape index (κ3) is 3.47. The van der Waals surface area contributed by atoms with Gasteiger partial charge >= 0.3 is 0 Å². The number of rotatable bonds is 4. The number of hydrogen-bond donors (Lipinski definition) is 1. The van der Waals surface area contributed by atoms with Gasteiger partial charge in [-0.3, -0.25) is 0 Å². The van der Waals surface area contributed by atoms with Gasteiger partial charge in [0.25, 0.3) is 0 Å². The summed E-state index contributed by atoms with van der Waals surface area (Å²) >= 11 is 0. The van der Waals surface area contributed by atoms with Crippen molar-refractivity contribution in [2.75, 3.05) is 11.6 Å². The topological polar surface area (TPSA) is 59.3 Å².